The Bertz CT molecular complexity index is 1020. The van der Waals surface area contributed by atoms with Gasteiger partial charge in [0.1, 0.15) is 11.4 Å². The Hall–Kier alpha value is -2.41. The molecule has 0 radical (unpaired) electrons. The first-order valence-corrected chi connectivity index (χ1v) is 8.11. The highest BCUT2D eigenvalue weighted by molar-refractivity contribution is 14.1. The summed E-state index contributed by atoms with van der Waals surface area (Å²) in [6.45, 7) is 0. The summed E-state index contributed by atoms with van der Waals surface area (Å²) in [6, 6.07) is 15.4. The summed E-state index contributed by atoms with van der Waals surface area (Å²) in [6.07, 6.45) is 4.76. The van der Waals surface area contributed by atoms with Crippen molar-refractivity contribution in [2.75, 3.05) is 0 Å². The van der Waals surface area contributed by atoms with E-state index in [1.165, 1.54) is 0 Å². The van der Waals surface area contributed by atoms with Gasteiger partial charge in [0.05, 0.1) is 5.69 Å². The van der Waals surface area contributed by atoms with Crippen molar-refractivity contribution < 1.29 is 9.21 Å². The second-order valence-electron chi connectivity index (χ2n) is 5.14. The Labute approximate surface area is 145 Å². The molecule has 0 N–H and O–H groups in total. The van der Waals surface area contributed by atoms with E-state index >= 15 is 0 Å². The quantitative estimate of drug-likeness (QED) is 0.362. The van der Waals surface area contributed by atoms with Gasteiger partial charge in [0, 0.05) is 27.1 Å². The first kappa shape index (κ1) is 14.2. The molecule has 112 valence electrons. The van der Waals surface area contributed by atoms with Gasteiger partial charge in [-0.1, -0.05) is 18.2 Å². The number of halogens is 1. The SMILES string of the molecule is O=Cc1ccc(-c2cccc(-c3cn4cc(I)ccc4n3)c2)o1. The van der Waals surface area contributed by atoms with Gasteiger partial charge in [-0.2, -0.15) is 0 Å². The Balaban J connectivity index is 1.78. The molecule has 5 heteroatoms. The standard InChI is InChI=1S/C18H11IN2O2/c19-14-4-7-18-20-16(10-21(18)9-14)12-2-1-3-13(8-12)17-6-5-15(11-22)23-17/h1-11H. The zero-order valence-corrected chi connectivity index (χ0v) is 14.1. The molecule has 23 heavy (non-hydrogen) atoms. The lowest BCUT2D eigenvalue weighted by Crippen LogP contribution is -1.82. The van der Waals surface area contributed by atoms with Crippen LogP contribution in [0.3, 0.4) is 0 Å². The van der Waals surface area contributed by atoms with E-state index in [0.717, 1.165) is 26.0 Å². The van der Waals surface area contributed by atoms with Gasteiger partial charge >= 0.3 is 0 Å². The van der Waals surface area contributed by atoms with E-state index in [-0.39, 0.29) is 0 Å². The zero-order chi connectivity index (χ0) is 15.8. The number of furan rings is 1. The molecule has 0 unspecified atom stereocenters. The topological polar surface area (TPSA) is 47.5 Å². The summed E-state index contributed by atoms with van der Waals surface area (Å²) in [5, 5.41) is 0. The van der Waals surface area contributed by atoms with Crippen molar-refractivity contribution >= 4 is 34.5 Å². The van der Waals surface area contributed by atoms with Crippen molar-refractivity contribution in [2.24, 2.45) is 0 Å². The first-order valence-electron chi connectivity index (χ1n) is 7.03. The van der Waals surface area contributed by atoms with Crippen LogP contribution in [0.25, 0.3) is 28.2 Å². The fourth-order valence-corrected chi connectivity index (χ4v) is 2.99. The molecular weight excluding hydrogens is 403 g/mol. The molecule has 3 heterocycles. The molecule has 0 saturated carbocycles. The molecular formula is C18H11IN2O2. The van der Waals surface area contributed by atoms with Gasteiger partial charge in [-0.3, -0.25) is 4.79 Å². The predicted octanol–water partition coefficient (Wildman–Crippen LogP) is 4.68. The lowest BCUT2D eigenvalue weighted by atomic mass is 10.1. The molecule has 4 aromatic rings. The average molecular weight is 414 g/mol. The Kier molecular flexibility index (Phi) is 3.49. The Morgan fingerprint density at radius 1 is 1.04 bits per heavy atom. The zero-order valence-electron chi connectivity index (χ0n) is 11.9. The molecule has 4 rings (SSSR count). The second-order valence-corrected chi connectivity index (χ2v) is 6.39. The molecule has 0 aliphatic rings. The molecule has 0 amide bonds. The fourth-order valence-electron chi connectivity index (χ4n) is 2.51. The van der Waals surface area contributed by atoms with Crippen molar-refractivity contribution in [2.45, 2.75) is 0 Å². The minimum absolute atomic E-state index is 0.327. The largest absolute Gasteiger partial charge is 0.453 e. The van der Waals surface area contributed by atoms with Crippen LogP contribution in [0.2, 0.25) is 0 Å². The predicted molar refractivity (Wildman–Crippen MR) is 96.4 cm³/mol. The number of aldehydes is 1. The third-order valence-corrected chi connectivity index (χ3v) is 4.24. The number of fused-ring (bicyclic) bond motifs is 1. The molecule has 0 atom stereocenters. The van der Waals surface area contributed by atoms with Crippen LogP contribution in [-0.4, -0.2) is 15.7 Å². The summed E-state index contributed by atoms with van der Waals surface area (Å²) in [5.41, 5.74) is 3.73. The molecule has 0 fully saturated rings. The van der Waals surface area contributed by atoms with Gasteiger partial charge in [0.2, 0.25) is 0 Å². The van der Waals surface area contributed by atoms with Gasteiger partial charge in [0.25, 0.3) is 0 Å². The number of rotatable bonds is 3. The van der Waals surface area contributed by atoms with E-state index in [1.54, 1.807) is 12.1 Å². The number of imidazole rings is 1. The molecule has 4 nitrogen and oxygen atoms in total. The number of carbonyl (C=O) groups excluding carboxylic acids is 1. The highest BCUT2D eigenvalue weighted by Gasteiger charge is 2.08. The number of aromatic nitrogens is 2. The molecule has 3 aromatic heterocycles. The number of hydrogen-bond donors (Lipinski definition) is 0. The highest BCUT2D eigenvalue weighted by atomic mass is 127. The number of hydrogen-bond acceptors (Lipinski definition) is 3. The smallest absolute Gasteiger partial charge is 0.185 e. The fraction of sp³-hybridized carbons (Fsp3) is 0. The lowest BCUT2D eigenvalue weighted by Gasteiger charge is -2.00. The van der Waals surface area contributed by atoms with Crippen molar-refractivity contribution in [1.82, 2.24) is 9.38 Å². The number of carbonyl (C=O) groups is 1. The first-order chi connectivity index (χ1) is 11.2. The number of benzene rings is 1. The number of pyridine rings is 1. The molecule has 0 bridgehead atoms. The average Bonchev–Trinajstić information content (AvgIpc) is 3.21. The Morgan fingerprint density at radius 2 is 1.91 bits per heavy atom. The van der Waals surface area contributed by atoms with E-state index in [1.807, 2.05) is 53.2 Å². The van der Waals surface area contributed by atoms with Crippen LogP contribution in [0, 0.1) is 3.57 Å². The lowest BCUT2D eigenvalue weighted by molar-refractivity contribution is 0.110. The summed E-state index contributed by atoms with van der Waals surface area (Å²) in [4.78, 5) is 15.4. The summed E-state index contributed by atoms with van der Waals surface area (Å²) < 4.78 is 8.66. The van der Waals surface area contributed by atoms with Gasteiger partial charge in [0.15, 0.2) is 12.0 Å². The van der Waals surface area contributed by atoms with Crippen LogP contribution in [0.4, 0.5) is 0 Å². The third kappa shape index (κ3) is 2.68. The summed E-state index contributed by atoms with van der Waals surface area (Å²) >= 11 is 2.28. The summed E-state index contributed by atoms with van der Waals surface area (Å²) in [5.74, 6) is 1.000. The van der Waals surface area contributed by atoms with Gasteiger partial charge in [-0.05, 0) is 52.9 Å². The van der Waals surface area contributed by atoms with Crippen molar-refractivity contribution in [1.29, 1.82) is 0 Å². The minimum atomic E-state index is 0.327. The molecule has 0 saturated heterocycles. The van der Waals surface area contributed by atoms with Gasteiger partial charge in [-0.25, -0.2) is 4.98 Å². The maximum Gasteiger partial charge on any atom is 0.185 e. The van der Waals surface area contributed by atoms with E-state index in [4.69, 9.17) is 4.42 Å². The van der Waals surface area contributed by atoms with Crippen LogP contribution >= 0.6 is 22.6 Å². The maximum atomic E-state index is 10.8. The van der Waals surface area contributed by atoms with Gasteiger partial charge < -0.3 is 8.82 Å². The molecule has 0 spiro atoms. The van der Waals surface area contributed by atoms with E-state index in [2.05, 4.69) is 27.6 Å². The van der Waals surface area contributed by atoms with Crippen molar-refractivity contribution in [3.63, 3.8) is 0 Å². The molecule has 0 aliphatic carbocycles. The van der Waals surface area contributed by atoms with Crippen LogP contribution in [0.15, 0.2) is 65.3 Å². The van der Waals surface area contributed by atoms with Crippen molar-refractivity contribution in [3.05, 3.63) is 70.3 Å². The highest BCUT2D eigenvalue weighted by Crippen LogP contribution is 2.27. The van der Waals surface area contributed by atoms with Gasteiger partial charge in [-0.15, -0.1) is 0 Å². The van der Waals surface area contributed by atoms with Crippen LogP contribution in [-0.2, 0) is 0 Å². The van der Waals surface area contributed by atoms with E-state index in [9.17, 15) is 4.79 Å². The van der Waals surface area contributed by atoms with Crippen molar-refractivity contribution in [3.8, 4) is 22.6 Å². The maximum absolute atomic E-state index is 10.8. The minimum Gasteiger partial charge on any atom is -0.453 e. The van der Waals surface area contributed by atoms with Crippen LogP contribution in [0.5, 0.6) is 0 Å². The second kappa shape index (κ2) is 5.66. The van der Waals surface area contributed by atoms with Crippen LogP contribution < -0.4 is 0 Å². The molecule has 1 aromatic carbocycles. The molecule has 0 aliphatic heterocycles. The van der Waals surface area contributed by atoms with E-state index in [0.29, 0.717) is 17.8 Å². The van der Waals surface area contributed by atoms with E-state index < -0.39 is 0 Å². The summed E-state index contributed by atoms with van der Waals surface area (Å²) in [7, 11) is 0. The third-order valence-electron chi connectivity index (χ3n) is 3.60. The van der Waals surface area contributed by atoms with Crippen LogP contribution in [0.1, 0.15) is 10.6 Å². The normalized spacial score (nSPS) is 11.0. The number of nitrogens with zero attached hydrogens (tertiary/aromatic N) is 2. The monoisotopic (exact) mass is 414 g/mol. The Morgan fingerprint density at radius 3 is 2.74 bits per heavy atom.